The first-order chi connectivity index (χ1) is 15.5. The highest BCUT2D eigenvalue weighted by molar-refractivity contribution is 6.06. The van der Waals surface area contributed by atoms with Crippen LogP contribution in [0.3, 0.4) is 0 Å². The summed E-state index contributed by atoms with van der Waals surface area (Å²) >= 11 is 0. The van der Waals surface area contributed by atoms with Gasteiger partial charge >= 0.3 is 0 Å². The molecule has 3 amide bonds. The summed E-state index contributed by atoms with van der Waals surface area (Å²) in [6, 6.07) is 14.5. The number of amides is 3. The van der Waals surface area contributed by atoms with Gasteiger partial charge in [0.15, 0.2) is 6.61 Å². The van der Waals surface area contributed by atoms with Gasteiger partial charge in [-0.15, -0.1) is 0 Å². The van der Waals surface area contributed by atoms with Gasteiger partial charge in [0, 0.05) is 5.69 Å². The predicted molar refractivity (Wildman–Crippen MR) is 119 cm³/mol. The van der Waals surface area contributed by atoms with Crippen LogP contribution in [0.5, 0.6) is 5.75 Å². The van der Waals surface area contributed by atoms with Gasteiger partial charge in [-0.05, 0) is 67.1 Å². The summed E-state index contributed by atoms with van der Waals surface area (Å²) < 4.78 is 5.53. The minimum Gasteiger partial charge on any atom is -0.484 e. The molecule has 2 aromatic rings. The maximum absolute atomic E-state index is 12.7. The highest BCUT2D eigenvalue weighted by Gasteiger charge is 2.59. The van der Waals surface area contributed by atoms with E-state index in [1.807, 2.05) is 31.2 Å². The third-order valence-corrected chi connectivity index (χ3v) is 6.35. The normalized spacial score (nSPS) is 25.6. The van der Waals surface area contributed by atoms with E-state index < -0.39 is 0 Å². The van der Waals surface area contributed by atoms with Gasteiger partial charge in [-0.3, -0.25) is 14.4 Å². The highest BCUT2D eigenvalue weighted by atomic mass is 16.5. The molecular formula is C25H23N3O4. The van der Waals surface area contributed by atoms with Gasteiger partial charge < -0.3 is 10.1 Å². The van der Waals surface area contributed by atoms with Crippen LogP contribution in [0.1, 0.15) is 17.5 Å². The van der Waals surface area contributed by atoms with E-state index in [0.717, 1.165) is 28.2 Å². The van der Waals surface area contributed by atoms with Gasteiger partial charge in [0.1, 0.15) is 5.75 Å². The monoisotopic (exact) mass is 429 g/mol. The summed E-state index contributed by atoms with van der Waals surface area (Å²) in [5.74, 6) is -0.290. The first-order valence-corrected chi connectivity index (χ1v) is 10.7. The molecule has 2 aliphatic carbocycles. The number of carbonyl (C=O) groups excluding carboxylic acids is 3. The minimum atomic E-state index is -0.253. The number of imide groups is 1. The number of ether oxygens (including phenoxy) is 1. The van der Waals surface area contributed by atoms with E-state index in [9.17, 15) is 14.4 Å². The van der Waals surface area contributed by atoms with Gasteiger partial charge in [-0.25, -0.2) is 0 Å². The number of hydrogen-bond acceptors (Lipinski definition) is 5. The number of allylic oxidation sites excluding steroid dienone is 2. The Morgan fingerprint density at radius 1 is 1.03 bits per heavy atom. The number of nitrogens with zero attached hydrogens (tertiary/aromatic N) is 2. The maximum Gasteiger partial charge on any atom is 0.262 e. The molecular weight excluding hydrogens is 406 g/mol. The summed E-state index contributed by atoms with van der Waals surface area (Å²) in [5, 5.41) is 7.98. The molecule has 4 atom stereocenters. The molecule has 3 aliphatic rings. The van der Waals surface area contributed by atoms with Crippen LogP contribution in [-0.4, -0.2) is 35.6 Å². The van der Waals surface area contributed by atoms with Crippen LogP contribution in [0.4, 0.5) is 5.69 Å². The van der Waals surface area contributed by atoms with Crippen LogP contribution >= 0.6 is 0 Å². The lowest BCUT2D eigenvalue weighted by Gasteiger charge is -2.13. The molecule has 0 spiro atoms. The zero-order valence-corrected chi connectivity index (χ0v) is 17.6. The third kappa shape index (κ3) is 3.70. The van der Waals surface area contributed by atoms with Crippen molar-refractivity contribution >= 4 is 29.6 Å². The Labute approximate surface area is 185 Å². The summed E-state index contributed by atoms with van der Waals surface area (Å²) in [6.07, 6.45) is 6.52. The summed E-state index contributed by atoms with van der Waals surface area (Å²) in [5.41, 5.74) is 2.56. The van der Waals surface area contributed by atoms with Crippen molar-refractivity contribution in [2.75, 3.05) is 11.9 Å². The minimum absolute atomic E-state index is 0.114. The summed E-state index contributed by atoms with van der Waals surface area (Å²) in [4.78, 5) is 37.4. The van der Waals surface area contributed by atoms with Crippen molar-refractivity contribution < 1.29 is 19.1 Å². The Hall–Kier alpha value is -3.74. The number of benzene rings is 2. The summed E-state index contributed by atoms with van der Waals surface area (Å²) in [6.45, 7) is 1.87. The van der Waals surface area contributed by atoms with Crippen molar-refractivity contribution in [2.24, 2.45) is 28.8 Å². The SMILES string of the molecule is Cc1ccc(NC(=O)COc2ccc(C=NN3C(=O)C4C5C=CC(C5)C4C3=O)cc2)cc1. The van der Waals surface area contributed by atoms with E-state index in [-0.39, 0.29) is 48.0 Å². The van der Waals surface area contributed by atoms with Crippen LogP contribution in [-0.2, 0) is 14.4 Å². The molecule has 2 bridgehead atoms. The molecule has 2 fully saturated rings. The molecule has 1 aliphatic heterocycles. The van der Waals surface area contributed by atoms with Crippen LogP contribution in [0.15, 0.2) is 65.8 Å². The lowest BCUT2D eigenvalue weighted by Crippen LogP contribution is -2.28. The average molecular weight is 429 g/mol. The lowest BCUT2D eigenvalue weighted by molar-refractivity contribution is -0.140. The Kier molecular flexibility index (Phi) is 5.09. The Bertz CT molecular complexity index is 1090. The quantitative estimate of drug-likeness (QED) is 0.434. The molecule has 1 N–H and O–H groups in total. The second-order valence-corrected chi connectivity index (χ2v) is 8.50. The van der Waals surface area contributed by atoms with Crippen LogP contribution in [0.25, 0.3) is 0 Å². The maximum atomic E-state index is 12.7. The largest absolute Gasteiger partial charge is 0.484 e. The van der Waals surface area contributed by atoms with E-state index in [2.05, 4.69) is 22.6 Å². The van der Waals surface area contributed by atoms with E-state index in [1.54, 1.807) is 24.3 Å². The van der Waals surface area contributed by atoms with Crippen molar-refractivity contribution in [2.45, 2.75) is 13.3 Å². The number of nitrogens with one attached hydrogen (secondary N) is 1. The molecule has 5 rings (SSSR count). The first kappa shape index (κ1) is 20.2. The van der Waals surface area contributed by atoms with Gasteiger partial charge in [-0.2, -0.15) is 10.1 Å². The van der Waals surface area contributed by atoms with E-state index in [4.69, 9.17) is 4.74 Å². The summed E-state index contributed by atoms with van der Waals surface area (Å²) in [7, 11) is 0. The Morgan fingerprint density at radius 3 is 2.28 bits per heavy atom. The van der Waals surface area contributed by atoms with Gasteiger partial charge in [0.2, 0.25) is 0 Å². The molecule has 4 unspecified atom stereocenters. The van der Waals surface area contributed by atoms with Gasteiger partial charge in [0.05, 0.1) is 18.1 Å². The molecule has 0 aromatic heterocycles. The van der Waals surface area contributed by atoms with Crippen LogP contribution in [0.2, 0.25) is 0 Å². The topological polar surface area (TPSA) is 88.1 Å². The first-order valence-electron chi connectivity index (χ1n) is 10.7. The molecule has 7 nitrogen and oxygen atoms in total. The number of hydrazone groups is 1. The van der Waals surface area contributed by atoms with Crippen LogP contribution < -0.4 is 10.1 Å². The second-order valence-electron chi connectivity index (χ2n) is 8.50. The van der Waals surface area contributed by atoms with Gasteiger partial charge in [-0.1, -0.05) is 29.8 Å². The van der Waals surface area contributed by atoms with E-state index >= 15 is 0 Å². The Balaban J connectivity index is 1.15. The van der Waals surface area contributed by atoms with Crippen molar-refractivity contribution in [3.8, 4) is 5.75 Å². The predicted octanol–water partition coefficient (Wildman–Crippen LogP) is 3.15. The van der Waals surface area contributed by atoms with Crippen molar-refractivity contribution in [1.29, 1.82) is 0 Å². The third-order valence-electron chi connectivity index (χ3n) is 6.35. The second kappa shape index (κ2) is 8.07. The molecule has 162 valence electrons. The number of rotatable bonds is 6. The standard InChI is InChI=1S/C25H23N3O4/c1-15-2-8-19(9-3-15)27-21(29)14-32-20-10-4-16(5-11-20)13-26-28-24(30)22-17-6-7-18(12-17)23(22)25(28)31/h2-11,13,17-18,22-23H,12,14H2,1H3,(H,27,29). The number of hydrogen-bond donors (Lipinski definition) is 1. The molecule has 2 aromatic carbocycles. The molecule has 0 radical (unpaired) electrons. The van der Waals surface area contributed by atoms with Crippen molar-refractivity contribution in [3.05, 3.63) is 71.8 Å². The highest BCUT2D eigenvalue weighted by Crippen LogP contribution is 2.52. The average Bonchev–Trinajstić information content (AvgIpc) is 3.47. The number of aryl methyl sites for hydroxylation is 1. The number of carbonyl (C=O) groups is 3. The number of anilines is 1. The zero-order chi connectivity index (χ0) is 22.2. The fourth-order valence-electron chi connectivity index (χ4n) is 4.76. The van der Waals surface area contributed by atoms with E-state index in [1.165, 1.54) is 6.21 Å². The van der Waals surface area contributed by atoms with Crippen molar-refractivity contribution in [3.63, 3.8) is 0 Å². The fourth-order valence-corrected chi connectivity index (χ4v) is 4.76. The zero-order valence-electron chi connectivity index (χ0n) is 17.6. The fraction of sp³-hybridized carbons (Fsp3) is 0.280. The van der Waals surface area contributed by atoms with Crippen molar-refractivity contribution in [1.82, 2.24) is 5.01 Å². The van der Waals surface area contributed by atoms with Crippen LogP contribution in [0, 0.1) is 30.6 Å². The molecule has 7 heteroatoms. The molecule has 1 saturated carbocycles. The van der Waals surface area contributed by atoms with Gasteiger partial charge in [0.25, 0.3) is 17.7 Å². The lowest BCUT2D eigenvalue weighted by atomic mass is 9.85. The number of fused-ring (bicyclic) bond motifs is 5. The molecule has 32 heavy (non-hydrogen) atoms. The molecule has 1 heterocycles. The smallest absolute Gasteiger partial charge is 0.262 e. The Morgan fingerprint density at radius 2 is 1.66 bits per heavy atom. The van der Waals surface area contributed by atoms with E-state index in [0.29, 0.717) is 5.75 Å². The molecule has 1 saturated heterocycles.